The fourth-order valence-electron chi connectivity index (χ4n) is 5.18. The zero-order chi connectivity index (χ0) is 29.1. The Kier molecular flexibility index (Phi) is 7.60. The van der Waals surface area contributed by atoms with E-state index in [-0.39, 0.29) is 36.5 Å². The highest BCUT2D eigenvalue weighted by Gasteiger charge is 2.49. The van der Waals surface area contributed by atoms with Crippen LogP contribution in [0.3, 0.4) is 0 Å². The lowest BCUT2D eigenvalue weighted by Crippen LogP contribution is -2.47. The van der Waals surface area contributed by atoms with Crippen molar-refractivity contribution in [2.24, 2.45) is 0 Å². The second-order valence-corrected chi connectivity index (χ2v) is 9.55. The maximum Gasteiger partial charge on any atom is 0.416 e. The molecule has 0 aliphatic carbocycles. The van der Waals surface area contributed by atoms with Crippen LogP contribution in [0, 0.1) is 0 Å². The lowest BCUT2D eigenvalue weighted by atomic mass is 9.91. The summed E-state index contributed by atoms with van der Waals surface area (Å²) in [5.74, 6) is -1.14. The van der Waals surface area contributed by atoms with Gasteiger partial charge in [-0.15, -0.1) is 6.58 Å². The number of rotatable bonds is 8. The number of nitrogens with zero attached hydrogens (tertiary/aromatic N) is 3. The van der Waals surface area contributed by atoms with E-state index in [1.54, 1.807) is 54.9 Å². The van der Waals surface area contributed by atoms with Gasteiger partial charge in [-0.3, -0.25) is 19.5 Å². The molecule has 2 aliphatic rings. The lowest BCUT2D eigenvalue weighted by molar-refractivity contribution is -0.138. The maximum atomic E-state index is 14.1. The van der Waals surface area contributed by atoms with Crippen LogP contribution in [0.4, 0.5) is 18.0 Å². The fraction of sp³-hybridized carbons (Fsp3) is 0.200. The molecule has 0 radical (unpaired) electrons. The Morgan fingerprint density at radius 3 is 2.51 bits per heavy atom. The summed E-state index contributed by atoms with van der Waals surface area (Å²) in [5, 5.41) is 5.42. The van der Waals surface area contributed by atoms with Crippen LogP contribution in [0.5, 0.6) is 0 Å². The third kappa shape index (κ3) is 5.43. The SMILES string of the molecule is C=CCN1C(=O)N[C@@H](c2ccccc2C(F)(F)F)C2=C1CN([C@@H](C(=O)NCc1cccnc1)c1ccccc1)C2=O. The van der Waals surface area contributed by atoms with Gasteiger partial charge in [-0.25, -0.2) is 4.79 Å². The second-order valence-electron chi connectivity index (χ2n) is 9.55. The van der Waals surface area contributed by atoms with Gasteiger partial charge in [-0.2, -0.15) is 13.2 Å². The van der Waals surface area contributed by atoms with Gasteiger partial charge in [0.05, 0.1) is 29.4 Å². The van der Waals surface area contributed by atoms with Crippen molar-refractivity contribution in [3.63, 3.8) is 0 Å². The van der Waals surface area contributed by atoms with E-state index in [1.807, 2.05) is 0 Å². The molecule has 4 amide bonds. The molecular formula is C30H26F3N5O3. The quantitative estimate of drug-likeness (QED) is 0.396. The van der Waals surface area contributed by atoms with Crippen LogP contribution in [0.15, 0.2) is 103 Å². The van der Waals surface area contributed by atoms with E-state index in [0.29, 0.717) is 5.56 Å². The molecular weight excluding hydrogens is 535 g/mol. The summed E-state index contributed by atoms with van der Waals surface area (Å²) in [4.78, 5) is 47.5. The Balaban J connectivity index is 1.56. The normalized spacial score (nSPS) is 17.7. The van der Waals surface area contributed by atoms with Crippen molar-refractivity contribution in [2.75, 3.05) is 13.1 Å². The summed E-state index contributed by atoms with van der Waals surface area (Å²) in [7, 11) is 0. The highest BCUT2D eigenvalue weighted by atomic mass is 19.4. The third-order valence-corrected chi connectivity index (χ3v) is 7.00. The molecule has 0 fully saturated rings. The number of carbonyl (C=O) groups excluding carboxylic acids is 3. The first-order valence-electron chi connectivity index (χ1n) is 12.8. The molecule has 11 heteroatoms. The Labute approximate surface area is 234 Å². The molecule has 0 spiro atoms. The summed E-state index contributed by atoms with van der Waals surface area (Å²) >= 11 is 0. The molecule has 0 bridgehead atoms. The molecule has 2 atom stereocenters. The zero-order valence-electron chi connectivity index (χ0n) is 21.8. The predicted octanol–water partition coefficient (Wildman–Crippen LogP) is 4.51. The Morgan fingerprint density at radius 1 is 1.10 bits per heavy atom. The number of aromatic nitrogens is 1. The van der Waals surface area contributed by atoms with Crippen molar-refractivity contribution in [3.8, 4) is 0 Å². The Morgan fingerprint density at radius 2 is 1.83 bits per heavy atom. The molecule has 5 rings (SSSR count). The molecule has 2 aromatic carbocycles. The van der Waals surface area contributed by atoms with Gasteiger partial charge in [-0.05, 0) is 28.8 Å². The van der Waals surface area contributed by atoms with Gasteiger partial charge in [0.2, 0.25) is 5.91 Å². The highest BCUT2D eigenvalue weighted by molar-refractivity contribution is 6.04. The van der Waals surface area contributed by atoms with Gasteiger partial charge in [0.1, 0.15) is 6.04 Å². The Hall–Kier alpha value is -4.93. The monoisotopic (exact) mass is 561 g/mol. The van der Waals surface area contributed by atoms with E-state index in [9.17, 15) is 27.6 Å². The van der Waals surface area contributed by atoms with Gasteiger partial charge in [0.25, 0.3) is 5.91 Å². The average molecular weight is 562 g/mol. The lowest BCUT2D eigenvalue weighted by Gasteiger charge is -2.33. The minimum absolute atomic E-state index is 0.0165. The van der Waals surface area contributed by atoms with Crippen molar-refractivity contribution in [3.05, 3.63) is 125 Å². The number of alkyl halides is 3. The van der Waals surface area contributed by atoms with Crippen LogP contribution in [-0.4, -0.2) is 45.7 Å². The van der Waals surface area contributed by atoms with E-state index in [0.717, 1.165) is 11.6 Å². The van der Waals surface area contributed by atoms with Crippen molar-refractivity contribution in [1.82, 2.24) is 25.4 Å². The van der Waals surface area contributed by atoms with Crippen LogP contribution in [0.25, 0.3) is 0 Å². The predicted molar refractivity (Wildman–Crippen MR) is 144 cm³/mol. The molecule has 0 unspecified atom stereocenters. The molecule has 3 aromatic rings. The topological polar surface area (TPSA) is 94.6 Å². The number of benzene rings is 2. The number of hydrogen-bond donors (Lipinski definition) is 2. The van der Waals surface area contributed by atoms with Crippen molar-refractivity contribution in [1.29, 1.82) is 0 Å². The number of halogens is 3. The van der Waals surface area contributed by atoms with Crippen LogP contribution in [-0.2, 0) is 22.3 Å². The fourth-order valence-corrected chi connectivity index (χ4v) is 5.18. The van der Waals surface area contributed by atoms with Crippen molar-refractivity contribution < 1.29 is 27.6 Å². The molecule has 1 aromatic heterocycles. The van der Waals surface area contributed by atoms with Crippen LogP contribution < -0.4 is 10.6 Å². The molecule has 2 N–H and O–H groups in total. The molecule has 3 heterocycles. The highest BCUT2D eigenvalue weighted by Crippen LogP contribution is 2.43. The van der Waals surface area contributed by atoms with Crippen LogP contribution >= 0.6 is 0 Å². The molecule has 8 nitrogen and oxygen atoms in total. The summed E-state index contributed by atoms with van der Waals surface area (Å²) in [6.45, 7) is 3.67. The Bertz CT molecular complexity index is 1510. The minimum atomic E-state index is -4.72. The smallest absolute Gasteiger partial charge is 0.350 e. The van der Waals surface area contributed by atoms with Gasteiger partial charge >= 0.3 is 12.2 Å². The van der Waals surface area contributed by atoms with Gasteiger partial charge in [0, 0.05) is 25.5 Å². The largest absolute Gasteiger partial charge is 0.416 e. The number of carbonyl (C=O) groups is 3. The first kappa shape index (κ1) is 27.6. The summed E-state index contributed by atoms with van der Waals surface area (Å²) in [6.07, 6.45) is -0.0575. The first-order valence-corrected chi connectivity index (χ1v) is 12.8. The zero-order valence-corrected chi connectivity index (χ0v) is 21.8. The molecule has 0 saturated heterocycles. The minimum Gasteiger partial charge on any atom is -0.350 e. The van der Waals surface area contributed by atoms with E-state index in [1.165, 1.54) is 34.1 Å². The van der Waals surface area contributed by atoms with Crippen LogP contribution in [0.2, 0.25) is 0 Å². The van der Waals surface area contributed by atoms with Gasteiger partial charge in [-0.1, -0.05) is 60.7 Å². The molecule has 210 valence electrons. The molecule has 0 saturated carbocycles. The van der Waals surface area contributed by atoms with Gasteiger partial charge in [0.15, 0.2) is 0 Å². The number of urea groups is 1. The van der Waals surface area contributed by atoms with E-state index in [4.69, 9.17) is 0 Å². The number of amides is 4. The summed E-state index contributed by atoms with van der Waals surface area (Å²) in [5.41, 5.74) is 0.228. The molecule has 2 aliphatic heterocycles. The van der Waals surface area contributed by atoms with E-state index in [2.05, 4.69) is 22.2 Å². The van der Waals surface area contributed by atoms with Crippen molar-refractivity contribution >= 4 is 17.8 Å². The van der Waals surface area contributed by atoms with Crippen molar-refractivity contribution in [2.45, 2.75) is 24.8 Å². The standard InChI is InChI=1S/C30H26F3N5O3/c1-2-15-37-23-18-38(26(20-10-4-3-5-11-20)27(39)35-17-19-9-8-14-34-16-19)28(40)24(23)25(36-29(37)41)21-12-6-7-13-22(21)30(31,32)33/h2-14,16,25-26H,1,15,17-18H2,(H,35,39)(H,36,41)/t25-,26+/m0/s1. The summed E-state index contributed by atoms with van der Waals surface area (Å²) < 4.78 is 42.0. The van der Waals surface area contributed by atoms with E-state index < -0.39 is 41.7 Å². The van der Waals surface area contributed by atoms with Gasteiger partial charge < -0.3 is 15.5 Å². The van der Waals surface area contributed by atoms with E-state index >= 15 is 0 Å². The third-order valence-electron chi connectivity index (χ3n) is 7.00. The first-order chi connectivity index (χ1) is 19.7. The number of nitrogens with one attached hydrogen (secondary N) is 2. The second kappa shape index (κ2) is 11.3. The van der Waals surface area contributed by atoms with Crippen LogP contribution in [0.1, 0.15) is 34.3 Å². The number of hydrogen-bond acceptors (Lipinski definition) is 4. The maximum absolute atomic E-state index is 14.1. The average Bonchev–Trinajstić information content (AvgIpc) is 3.30. The molecule has 41 heavy (non-hydrogen) atoms. The number of pyridine rings is 1. The summed E-state index contributed by atoms with van der Waals surface area (Å²) in [6, 6.07) is 13.8.